The second kappa shape index (κ2) is 3.84. The van der Waals surface area contributed by atoms with Crippen LogP contribution in [0.25, 0.3) is 27.6 Å². The number of nitrogens with one attached hydrogen (secondary N) is 1. The van der Waals surface area contributed by atoms with E-state index in [9.17, 15) is 4.79 Å². The second-order valence-electron chi connectivity index (χ2n) is 4.57. The molecular weight excluding hydrogens is 254 g/mol. The van der Waals surface area contributed by atoms with Crippen molar-refractivity contribution in [3.63, 3.8) is 0 Å². The fourth-order valence-corrected chi connectivity index (χ4v) is 2.61. The van der Waals surface area contributed by atoms with Gasteiger partial charge in [-0.25, -0.2) is 4.98 Å². The number of pyridine rings is 2. The van der Waals surface area contributed by atoms with Gasteiger partial charge in [0.1, 0.15) is 22.6 Å². The topological polar surface area (TPSA) is 59.4 Å². The summed E-state index contributed by atoms with van der Waals surface area (Å²) in [5.41, 5.74) is 2.10. The van der Waals surface area contributed by atoms with Gasteiger partial charge in [0.05, 0.1) is 12.5 Å². The van der Waals surface area contributed by atoms with Crippen LogP contribution in [0.2, 0.25) is 0 Å². The fourth-order valence-electron chi connectivity index (χ4n) is 2.61. The quantitative estimate of drug-likeness (QED) is 0.574. The predicted molar refractivity (Wildman–Crippen MR) is 77.4 cm³/mol. The molecule has 1 aromatic carbocycles. The van der Waals surface area contributed by atoms with Gasteiger partial charge < -0.3 is 9.72 Å². The van der Waals surface area contributed by atoms with Crippen LogP contribution in [-0.4, -0.2) is 21.5 Å². The third-order valence-corrected chi connectivity index (χ3v) is 3.49. The molecule has 3 heterocycles. The summed E-state index contributed by atoms with van der Waals surface area (Å²) in [6, 6.07) is 11.3. The van der Waals surface area contributed by atoms with Crippen LogP contribution < -0.4 is 10.3 Å². The molecule has 4 rings (SSSR count). The van der Waals surface area contributed by atoms with E-state index in [-0.39, 0.29) is 5.56 Å². The summed E-state index contributed by atoms with van der Waals surface area (Å²) in [5.74, 6) is 0.558. The zero-order valence-electron chi connectivity index (χ0n) is 10.8. The standard InChI is InChI=1S/C15H11N3O2/c1-20-10-6-4-5-9-12(10)15(19)17-14-13(9)16-11-7-2-3-8-18(11)14/h2-8H,1H3,(H,17,19). The first-order chi connectivity index (χ1) is 9.79. The van der Waals surface area contributed by atoms with Gasteiger partial charge in [0.25, 0.3) is 5.56 Å². The number of methoxy groups -OCH3 is 1. The molecule has 0 bridgehead atoms. The lowest BCUT2D eigenvalue weighted by molar-refractivity contribution is 0.419. The van der Waals surface area contributed by atoms with Crippen molar-refractivity contribution >= 4 is 27.6 Å². The number of aromatic amines is 1. The van der Waals surface area contributed by atoms with Crippen LogP contribution >= 0.6 is 0 Å². The van der Waals surface area contributed by atoms with Gasteiger partial charge in [-0.05, 0) is 18.2 Å². The monoisotopic (exact) mass is 265 g/mol. The summed E-state index contributed by atoms with van der Waals surface area (Å²) in [7, 11) is 1.56. The largest absolute Gasteiger partial charge is 0.496 e. The van der Waals surface area contributed by atoms with Crippen molar-refractivity contribution in [2.75, 3.05) is 7.11 Å². The highest BCUT2D eigenvalue weighted by Gasteiger charge is 2.13. The number of rotatable bonds is 1. The number of ether oxygens (including phenoxy) is 1. The van der Waals surface area contributed by atoms with E-state index >= 15 is 0 Å². The molecule has 0 unspecified atom stereocenters. The minimum absolute atomic E-state index is 0.171. The first-order valence-corrected chi connectivity index (χ1v) is 6.25. The minimum atomic E-state index is -0.171. The van der Waals surface area contributed by atoms with E-state index < -0.39 is 0 Å². The first kappa shape index (κ1) is 11.0. The average molecular weight is 265 g/mol. The zero-order valence-corrected chi connectivity index (χ0v) is 10.8. The maximum atomic E-state index is 12.3. The lowest BCUT2D eigenvalue weighted by Gasteiger charge is -2.04. The molecule has 0 aliphatic carbocycles. The van der Waals surface area contributed by atoms with E-state index in [1.54, 1.807) is 13.2 Å². The Bertz CT molecular complexity index is 1010. The van der Waals surface area contributed by atoms with Gasteiger partial charge in [-0.1, -0.05) is 18.2 Å². The number of H-pyrrole nitrogens is 1. The van der Waals surface area contributed by atoms with E-state index in [1.807, 2.05) is 40.9 Å². The lowest BCUT2D eigenvalue weighted by atomic mass is 10.1. The fraction of sp³-hybridized carbons (Fsp3) is 0.0667. The molecule has 20 heavy (non-hydrogen) atoms. The Labute approximate surface area is 113 Å². The highest BCUT2D eigenvalue weighted by molar-refractivity contribution is 6.05. The summed E-state index contributed by atoms with van der Waals surface area (Å²) in [6.45, 7) is 0. The van der Waals surface area contributed by atoms with E-state index in [1.165, 1.54) is 0 Å². The molecule has 0 aliphatic rings. The van der Waals surface area contributed by atoms with Crippen LogP contribution in [0.3, 0.4) is 0 Å². The Kier molecular flexibility index (Phi) is 2.12. The van der Waals surface area contributed by atoms with Gasteiger partial charge in [-0.15, -0.1) is 0 Å². The Hall–Kier alpha value is -2.82. The van der Waals surface area contributed by atoms with Gasteiger partial charge in [0.15, 0.2) is 0 Å². The van der Waals surface area contributed by atoms with Gasteiger partial charge in [-0.3, -0.25) is 9.20 Å². The summed E-state index contributed by atoms with van der Waals surface area (Å²) in [5, 5.41) is 1.33. The molecule has 0 amide bonds. The minimum Gasteiger partial charge on any atom is -0.496 e. The van der Waals surface area contributed by atoms with E-state index in [0.29, 0.717) is 16.8 Å². The molecule has 0 fully saturated rings. The number of hydrogen-bond donors (Lipinski definition) is 1. The number of aromatic nitrogens is 3. The molecule has 0 saturated heterocycles. The van der Waals surface area contributed by atoms with Crippen LogP contribution in [0.4, 0.5) is 0 Å². The number of nitrogens with zero attached hydrogens (tertiary/aromatic N) is 2. The number of benzene rings is 1. The summed E-state index contributed by atoms with van der Waals surface area (Å²) >= 11 is 0. The molecule has 1 N–H and O–H groups in total. The number of imidazole rings is 1. The predicted octanol–water partition coefficient (Wildman–Crippen LogP) is 2.34. The average Bonchev–Trinajstić information content (AvgIpc) is 2.86. The lowest BCUT2D eigenvalue weighted by Crippen LogP contribution is -2.08. The Balaban J connectivity index is 2.33. The van der Waals surface area contributed by atoms with Crippen molar-refractivity contribution in [1.82, 2.24) is 14.4 Å². The van der Waals surface area contributed by atoms with Crippen LogP contribution in [0.15, 0.2) is 47.4 Å². The van der Waals surface area contributed by atoms with Crippen LogP contribution in [-0.2, 0) is 0 Å². The third-order valence-electron chi connectivity index (χ3n) is 3.49. The molecule has 5 heteroatoms. The Morgan fingerprint density at radius 1 is 1.20 bits per heavy atom. The molecule has 4 aromatic rings. The van der Waals surface area contributed by atoms with Crippen molar-refractivity contribution in [1.29, 1.82) is 0 Å². The van der Waals surface area contributed by atoms with Crippen molar-refractivity contribution < 1.29 is 4.74 Å². The Morgan fingerprint density at radius 2 is 2.10 bits per heavy atom. The van der Waals surface area contributed by atoms with Crippen molar-refractivity contribution in [2.24, 2.45) is 0 Å². The molecule has 3 aromatic heterocycles. The van der Waals surface area contributed by atoms with Crippen LogP contribution in [0.5, 0.6) is 5.75 Å². The maximum Gasteiger partial charge on any atom is 0.261 e. The molecule has 98 valence electrons. The molecule has 0 aliphatic heterocycles. The normalized spacial score (nSPS) is 11.4. The number of hydrogen-bond acceptors (Lipinski definition) is 3. The van der Waals surface area contributed by atoms with Crippen molar-refractivity contribution in [2.45, 2.75) is 0 Å². The molecule has 5 nitrogen and oxygen atoms in total. The summed E-state index contributed by atoms with van der Waals surface area (Å²) < 4.78 is 7.15. The molecule has 0 atom stereocenters. The summed E-state index contributed by atoms with van der Waals surface area (Å²) in [4.78, 5) is 19.8. The highest BCUT2D eigenvalue weighted by atomic mass is 16.5. The van der Waals surface area contributed by atoms with Crippen LogP contribution in [0, 0.1) is 0 Å². The summed E-state index contributed by atoms with van der Waals surface area (Å²) in [6.07, 6.45) is 1.88. The highest BCUT2D eigenvalue weighted by Crippen LogP contribution is 2.27. The van der Waals surface area contributed by atoms with Gasteiger partial charge in [0, 0.05) is 11.6 Å². The third kappa shape index (κ3) is 1.31. The maximum absolute atomic E-state index is 12.3. The van der Waals surface area contributed by atoms with Crippen molar-refractivity contribution in [3.8, 4) is 5.75 Å². The van der Waals surface area contributed by atoms with Crippen molar-refractivity contribution in [3.05, 3.63) is 52.9 Å². The smallest absolute Gasteiger partial charge is 0.261 e. The van der Waals surface area contributed by atoms with Gasteiger partial charge in [0.2, 0.25) is 0 Å². The van der Waals surface area contributed by atoms with E-state index in [0.717, 1.165) is 16.6 Å². The Morgan fingerprint density at radius 3 is 2.95 bits per heavy atom. The first-order valence-electron chi connectivity index (χ1n) is 6.25. The second-order valence-corrected chi connectivity index (χ2v) is 4.57. The van der Waals surface area contributed by atoms with Crippen LogP contribution in [0.1, 0.15) is 0 Å². The zero-order chi connectivity index (χ0) is 13.7. The molecule has 0 spiro atoms. The molecule has 0 radical (unpaired) electrons. The SMILES string of the molecule is COc1cccc2c1c(=O)[nH]c1c2nc2ccccn21. The van der Waals surface area contributed by atoms with E-state index in [2.05, 4.69) is 9.97 Å². The molecular formula is C15H11N3O2. The van der Waals surface area contributed by atoms with Gasteiger partial charge in [-0.2, -0.15) is 0 Å². The number of fused-ring (bicyclic) bond motifs is 5. The van der Waals surface area contributed by atoms with E-state index in [4.69, 9.17) is 4.74 Å². The molecule has 0 saturated carbocycles. The van der Waals surface area contributed by atoms with Gasteiger partial charge >= 0.3 is 0 Å².